The Bertz CT molecular complexity index is 113. The van der Waals surface area contributed by atoms with E-state index in [-0.39, 0.29) is 0 Å². The largest absolute Gasteiger partial charge is 0.384 e. The van der Waals surface area contributed by atoms with Gasteiger partial charge in [0.1, 0.15) is 5.60 Å². The van der Waals surface area contributed by atoms with Gasteiger partial charge in [-0.05, 0) is 12.3 Å². The molecule has 0 aliphatic carbocycles. The zero-order valence-electron chi connectivity index (χ0n) is 6.78. The van der Waals surface area contributed by atoms with Crippen molar-refractivity contribution in [1.29, 1.82) is 0 Å². The maximum Gasteiger partial charge on any atom is 0.267 e. The molecule has 1 nitrogen and oxygen atoms in total. The van der Waals surface area contributed by atoms with Crippen LogP contribution in [0.5, 0.6) is 0 Å². The minimum atomic E-state index is -2.69. The van der Waals surface area contributed by atoms with Crippen LogP contribution in [-0.4, -0.2) is 17.1 Å². The molecule has 0 aliphatic heterocycles. The highest BCUT2D eigenvalue weighted by atomic mass is 19.3. The monoisotopic (exact) mass is 152 g/mol. The van der Waals surface area contributed by atoms with Gasteiger partial charge in [0, 0.05) is 0 Å². The average molecular weight is 152 g/mol. The summed E-state index contributed by atoms with van der Waals surface area (Å²) in [4.78, 5) is 0. The molecule has 62 valence electrons. The van der Waals surface area contributed by atoms with Gasteiger partial charge in [0.05, 0.1) is 0 Å². The minimum absolute atomic E-state index is 0.777. The summed E-state index contributed by atoms with van der Waals surface area (Å²) in [6.07, 6.45) is -2.69. The highest BCUT2D eigenvalue weighted by Gasteiger charge is 2.43. The molecule has 0 spiro atoms. The van der Waals surface area contributed by atoms with Gasteiger partial charge in [0.15, 0.2) is 0 Å². The summed E-state index contributed by atoms with van der Waals surface area (Å²) < 4.78 is 24.1. The maximum atomic E-state index is 12.1. The molecule has 0 unspecified atom stereocenters. The summed E-state index contributed by atoms with van der Waals surface area (Å²) in [5.74, 6) is 0. The third-order valence-electron chi connectivity index (χ3n) is 1.94. The Morgan fingerprint density at radius 1 is 1.10 bits per heavy atom. The lowest BCUT2D eigenvalue weighted by molar-refractivity contribution is -0.146. The van der Waals surface area contributed by atoms with Crippen molar-refractivity contribution in [3.63, 3.8) is 0 Å². The van der Waals surface area contributed by atoms with Gasteiger partial charge >= 0.3 is 0 Å². The van der Waals surface area contributed by atoms with Crippen molar-refractivity contribution in [3.05, 3.63) is 0 Å². The van der Waals surface area contributed by atoms with Gasteiger partial charge in [-0.2, -0.15) is 0 Å². The van der Waals surface area contributed by atoms with Crippen molar-refractivity contribution < 1.29 is 13.9 Å². The number of rotatable bonds is 1. The predicted octanol–water partition coefficient (Wildman–Crippen LogP) is 2.05. The molecule has 10 heavy (non-hydrogen) atoms. The molecular formula is C7H14F2O. The van der Waals surface area contributed by atoms with Crippen molar-refractivity contribution in [2.24, 2.45) is 5.41 Å². The van der Waals surface area contributed by atoms with E-state index in [0.29, 0.717) is 0 Å². The molecule has 0 aromatic heterocycles. The lowest BCUT2D eigenvalue weighted by atomic mass is 9.78. The molecule has 0 radical (unpaired) electrons. The van der Waals surface area contributed by atoms with E-state index < -0.39 is 17.4 Å². The van der Waals surface area contributed by atoms with Gasteiger partial charge in [-0.25, -0.2) is 8.78 Å². The summed E-state index contributed by atoms with van der Waals surface area (Å²) in [5.41, 5.74) is -2.67. The molecule has 0 amide bonds. The summed E-state index contributed by atoms with van der Waals surface area (Å²) in [6.45, 7) is 5.90. The normalized spacial score (nSPS) is 19.2. The van der Waals surface area contributed by atoms with Crippen LogP contribution in [0.3, 0.4) is 0 Å². The standard InChI is InChI=1S/C7H14F2O/c1-6(2,3)7(4,10)5(8)9/h5,10H,1-4H3/t7-/m1/s1. The smallest absolute Gasteiger partial charge is 0.267 e. The van der Waals surface area contributed by atoms with E-state index in [4.69, 9.17) is 0 Å². The van der Waals surface area contributed by atoms with Crippen molar-refractivity contribution in [1.82, 2.24) is 0 Å². The highest BCUT2D eigenvalue weighted by Crippen LogP contribution is 2.34. The van der Waals surface area contributed by atoms with Gasteiger partial charge in [-0.1, -0.05) is 20.8 Å². The van der Waals surface area contributed by atoms with Crippen LogP contribution in [0.1, 0.15) is 27.7 Å². The van der Waals surface area contributed by atoms with E-state index in [2.05, 4.69) is 0 Å². The van der Waals surface area contributed by atoms with Crippen LogP contribution >= 0.6 is 0 Å². The molecule has 0 aliphatic rings. The molecule has 0 saturated heterocycles. The van der Waals surface area contributed by atoms with Gasteiger partial charge in [0.2, 0.25) is 0 Å². The predicted molar refractivity (Wildman–Crippen MR) is 36.1 cm³/mol. The van der Waals surface area contributed by atoms with Crippen LogP contribution < -0.4 is 0 Å². The van der Waals surface area contributed by atoms with Crippen LogP contribution in [-0.2, 0) is 0 Å². The number of hydrogen-bond acceptors (Lipinski definition) is 1. The number of hydrogen-bond donors (Lipinski definition) is 1. The lowest BCUT2D eigenvalue weighted by Gasteiger charge is -2.35. The van der Waals surface area contributed by atoms with Crippen LogP contribution in [0.25, 0.3) is 0 Å². The van der Waals surface area contributed by atoms with E-state index >= 15 is 0 Å². The van der Waals surface area contributed by atoms with E-state index in [9.17, 15) is 13.9 Å². The molecular weight excluding hydrogens is 138 g/mol. The van der Waals surface area contributed by atoms with Crippen molar-refractivity contribution >= 4 is 0 Å². The third kappa shape index (κ3) is 1.66. The van der Waals surface area contributed by atoms with E-state index in [1.165, 1.54) is 0 Å². The van der Waals surface area contributed by atoms with Crippen molar-refractivity contribution in [2.75, 3.05) is 0 Å². The molecule has 0 aromatic rings. The molecule has 0 fully saturated rings. The fourth-order valence-electron chi connectivity index (χ4n) is 0.327. The maximum absolute atomic E-state index is 12.1. The second kappa shape index (κ2) is 2.46. The molecule has 3 heteroatoms. The Morgan fingerprint density at radius 3 is 1.40 bits per heavy atom. The highest BCUT2D eigenvalue weighted by molar-refractivity contribution is 4.88. The quantitative estimate of drug-likeness (QED) is 0.609. The summed E-state index contributed by atoms with van der Waals surface area (Å²) in [7, 11) is 0. The van der Waals surface area contributed by atoms with Gasteiger partial charge in [-0.3, -0.25) is 0 Å². The summed E-state index contributed by atoms with van der Waals surface area (Å²) in [6, 6.07) is 0. The molecule has 1 N–H and O–H groups in total. The summed E-state index contributed by atoms with van der Waals surface area (Å²) >= 11 is 0. The average Bonchev–Trinajstić information content (AvgIpc) is 1.62. The number of aliphatic hydroxyl groups is 1. The van der Waals surface area contributed by atoms with Gasteiger partial charge in [-0.15, -0.1) is 0 Å². The van der Waals surface area contributed by atoms with Crippen LogP contribution in [0.15, 0.2) is 0 Å². The lowest BCUT2D eigenvalue weighted by Crippen LogP contribution is -2.46. The first-order valence-corrected chi connectivity index (χ1v) is 3.20. The number of halogens is 2. The SMILES string of the molecule is CC(C)(C)[C@](C)(O)C(F)F. The number of alkyl halides is 2. The Hall–Kier alpha value is -0.180. The van der Waals surface area contributed by atoms with Gasteiger partial charge < -0.3 is 5.11 Å². The first-order valence-electron chi connectivity index (χ1n) is 3.20. The molecule has 0 aromatic carbocycles. The zero-order valence-corrected chi connectivity index (χ0v) is 6.78. The molecule has 0 bridgehead atoms. The van der Waals surface area contributed by atoms with E-state index in [0.717, 1.165) is 6.92 Å². The minimum Gasteiger partial charge on any atom is -0.384 e. The fourth-order valence-corrected chi connectivity index (χ4v) is 0.327. The Morgan fingerprint density at radius 2 is 1.40 bits per heavy atom. The topological polar surface area (TPSA) is 20.2 Å². The second-order valence-electron chi connectivity index (χ2n) is 3.70. The van der Waals surface area contributed by atoms with E-state index in [1.807, 2.05) is 0 Å². The van der Waals surface area contributed by atoms with Gasteiger partial charge in [0.25, 0.3) is 6.43 Å². The van der Waals surface area contributed by atoms with Crippen molar-refractivity contribution in [3.8, 4) is 0 Å². The Labute approximate surface area is 60.1 Å². The summed E-state index contributed by atoms with van der Waals surface area (Å²) in [5, 5.41) is 9.18. The third-order valence-corrected chi connectivity index (χ3v) is 1.94. The second-order valence-corrected chi connectivity index (χ2v) is 3.70. The molecule has 0 heterocycles. The Balaban J connectivity index is 4.40. The first-order chi connectivity index (χ1) is 4.19. The van der Waals surface area contributed by atoms with Crippen LogP contribution in [0.4, 0.5) is 8.78 Å². The molecule has 0 rings (SSSR count). The molecule has 0 saturated carbocycles. The fraction of sp³-hybridized carbons (Fsp3) is 1.00. The Kier molecular flexibility index (Phi) is 2.41. The zero-order chi connectivity index (χ0) is 8.58. The first kappa shape index (κ1) is 9.82. The van der Waals surface area contributed by atoms with Crippen LogP contribution in [0, 0.1) is 5.41 Å². The molecule has 1 atom stereocenters. The van der Waals surface area contributed by atoms with E-state index in [1.54, 1.807) is 20.8 Å². The van der Waals surface area contributed by atoms with Crippen molar-refractivity contribution in [2.45, 2.75) is 39.7 Å². The van der Waals surface area contributed by atoms with Crippen LogP contribution in [0.2, 0.25) is 0 Å².